The van der Waals surface area contributed by atoms with Gasteiger partial charge >= 0.3 is 12.2 Å². The summed E-state index contributed by atoms with van der Waals surface area (Å²) in [6.45, 7) is 0. The van der Waals surface area contributed by atoms with Crippen LogP contribution >= 0.6 is 0 Å². The highest BCUT2D eigenvalue weighted by atomic mass is 19.4. The second kappa shape index (κ2) is 8.05. The minimum absolute atomic E-state index is 0.348. The quantitative estimate of drug-likeness (QED) is 0.353. The van der Waals surface area contributed by atoms with Gasteiger partial charge in [-0.05, 0) is 42.0 Å². The molecule has 0 radical (unpaired) electrons. The third kappa shape index (κ3) is 4.92. The van der Waals surface area contributed by atoms with Crippen LogP contribution in [0.4, 0.5) is 39.5 Å². The first-order chi connectivity index (χ1) is 13.8. The zero-order chi connectivity index (χ0) is 21.0. The van der Waals surface area contributed by atoms with Crippen molar-refractivity contribution in [3.05, 3.63) is 66.1 Å². The van der Waals surface area contributed by atoms with E-state index in [-0.39, 0.29) is 0 Å². The average molecular weight is 406 g/mol. The van der Waals surface area contributed by atoms with Crippen LogP contribution in [0.15, 0.2) is 54.7 Å². The van der Waals surface area contributed by atoms with Gasteiger partial charge in [-0.25, -0.2) is 9.18 Å². The van der Waals surface area contributed by atoms with Crippen molar-refractivity contribution in [1.82, 2.24) is 4.98 Å². The van der Waals surface area contributed by atoms with Crippen molar-refractivity contribution in [1.29, 1.82) is 0 Å². The van der Waals surface area contributed by atoms with Gasteiger partial charge in [0.1, 0.15) is 11.6 Å². The van der Waals surface area contributed by atoms with Gasteiger partial charge in [-0.2, -0.15) is 13.2 Å². The van der Waals surface area contributed by atoms with E-state index in [0.29, 0.717) is 36.1 Å². The Kier molecular flexibility index (Phi) is 5.53. The number of hydrogen-bond acceptors (Lipinski definition) is 2. The molecule has 3 rings (SSSR count). The number of nitrogens with one attached hydrogen (secondary N) is 4. The van der Waals surface area contributed by atoms with E-state index in [4.69, 9.17) is 0 Å². The second-order valence-electron chi connectivity index (χ2n) is 5.91. The van der Waals surface area contributed by atoms with Crippen LogP contribution in [-0.2, 0) is 11.0 Å². The first kappa shape index (κ1) is 19.9. The number of urea groups is 1. The molecule has 3 amide bonds. The molecule has 0 unspecified atom stereocenters. The van der Waals surface area contributed by atoms with E-state index in [1.807, 2.05) is 0 Å². The normalized spacial score (nSPS) is 11.0. The van der Waals surface area contributed by atoms with Crippen LogP contribution in [0.1, 0.15) is 5.56 Å². The zero-order valence-corrected chi connectivity index (χ0v) is 14.6. The van der Waals surface area contributed by atoms with Crippen molar-refractivity contribution in [3.63, 3.8) is 0 Å². The summed E-state index contributed by atoms with van der Waals surface area (Å²) in [6.07, 6.45) is -2.44. The second-order valence-corrected chi connectivity index (χ2v) is 5.91. The number of carbonyl (C=O) groups is 2. The molecule has 1 aromatic heterocycles. The third-order valence-corrected chi connectivity index (χ3v) is 3.92. The molecular weight excluding hydrogens is 392 g/mol. The van der Waals surface area contributed by atoms with Gasteiger partial charge in [0, 0.05) is 17.4 Å². The molecule has 1 heterocycles. The van der Waals surface area contributed by atoms with Crippen LogP contribution in [0.25, 0.3) is 11.1 Å². The Balaban J connectivity index is 1.67. The number of alkyl halides is 3. The van der Waals surface area contributed by atoms with Gasteiger partial charge in [-0.1, -0.05) is 12.1 Å². The van der Waals surface area contributed by atoms with E-state index < -0.39 is 29.3 Å². The molecule has 0 saturated carbocycles. The summed E-state index contributed by atoms with van der Waals surface area (Å²) in [5, 5.41) is 6.95. The van der Waals surface area contributed by atoms with E-state index >= 15 is 0 Å². The molecule has 0 aliphatic carbocycles. The molecule has 0 fully saturated rings. The highest BCUT2D eigenvalue weighted by Gasteiger charge is 2.31. The number of anilines is 3. The minimum Gasteiger partial charge on any atom is -0.348 e. The van der Waals surface area contributed by atoms with Crippen LogP contribution < -0.4 is 16.0 Å². The van der Waals surface area contributed by atoms with Crippen LogP contribution in [-0.4, -0.2) is 17.4 Å². The van der Waals surface area contributed by atoms with Gasteiger partial charge in [0.05, 0.1) is 11.3 Å². The molecule has 10 heteroatoms. The Morgan fingerprint density at radius 3 is 2.34 bits per heavy atom. The molecule has 0 atom stereocenters. The van der Waals surface area contributed by atoms with Crippen molar-refractivity contribution in [3.8, 4) is 11.1 Å². The van der Waals surface area contributed by atoms with Crippen molar-refractivity contribution in [2.45, 2.75) is 6.18 Å². The number of hydrogen-bond donors (Lipinski definition) is 4. The molecule has 150 valence electrons. The fraction of sp³-hybridized carbons (Fsp3) is 0.0526. The van der Waals surface area contributed by atoms with Gasteiger partial charge < -0.3 is 20.9 Å². The number of benzene rings is 2. The van der Waals surface area contributed by atoms with Gasteiger partial charge in [0.25, 0.3) is 0 Å². The predicted octanol–water partition coefficient (Wildman–Crippen LogP) is 5.05. The van der Waals surface area contributed by atoms with Crippen LogP contribution in [0.3, 0.4) is 0 Å². The van der Waals surface area contributed by atoms with Crippen molar-refractivity contribution in [2.75, 3.05) is 16.0 Å². The summed E-state index contributed by atoms with van der Waals surface area (Å²) >= 11 is 0. The Morgan fingerprint density at radius 2 is 1.69 bits per heavy atom. The molecule has 0 spiro atoms. The monoisotopic (exact) mass is 406 g/mol. The Bertz CT molecular complexity index is 1030. The maximum Gasteiger partial charge on any atom is 0.416 e. The third-order valence-electron chi connectivity index (χ3n) is 3.92. The lowest BCUT2D eigenvalue weighted by Gasteiger charge is -2.12. The highest BCUT2D eigenvalue weighted by Crippen LogP contribution is 2.32. The van der Waals surface area contributed by atoms with E-state index in [1.54, 1.807) is 36.5 Å². The molecule has 0 saturated heterocycles. The molecule has 6 nitrogen and oxygen atoms in total. The first-order valence-electron chi connectivity index (χ1n) is 8.20. The molecule has 2 aromatic carbocycles. The molecule has 0 aliphatic heterocycles. The van der Waals surface area contributed by atoms with Crippen LogP contribution in [0.2, 0.25) is 0 Å². The van der Waals surface area contributed by atoms with Crippen molar-refractivity contribution < 1.29 is 27.2 Å². The Labute approximate surface area is 161 Å². The summed E-state index contributed by atoms with van der Waals surface area (Å²) in [6, 6.07) is 9.08. The largest absolute Gasteiger partial charge is 0.416 e. The maximum absolute atomic E-state index is 13.7. The van der Waals surface area contributed by atoms with Crippen molar-refractivity contribution in [2.24, 2.45) is 0 Å². The van der Waals surface area contributed by atoms with Crippen LogP contribution in [0.5, 0.6) is 0 Å². The van der Waals surface area contributed by atoms with Crippen molar-refractivity contribution >= 4 is 29.6 Å². The van der Waals surface area contributed by atoms with Gasteiger partial charge in [-0.15, -0.1) is 0 Å². The number of amides is 3. The average Bonchev–Trinajstić information content (AvgIpc) is 3.12. The number of rotatable bonds is 5. The fourth-order valence-corrected chi connectivity index (χ4v) is 2.54. The molecule has 0 bridgehead atoms. The maximum atomic E-state index is 13.7. The highest BCUT2D eigenvalue weighted by molar-refractivity contribution is 6.00. The van der Waals surface area contributed by atoms with E-state index in [0.717, 1.165) is 11.1 Å². The number of H-pyrrole nitrogens is 1. The minimum atomic E-state index is -4.66. The fourth-order valence-electron chi connectivity index (χ4n) is 2.54. The smallest absolute Gasteiger partial charge is 0.348 e. The standard InChI is InChI=1S/C19H14F4N4O2/c20-15-6-3-13(19(21,22)23)8-16(15)27-18(29)26-14-4-1-11(2-5-14)12-7-17(24-9-12)25-10-28/h1-10,24H,(H,25,28)(H2,26,27,29). The Morgan fingerprint density at radius 1 is 0.966 bits per heavy atom. The summed E-state index contributed by atoms with van der Waals surface area (Å²) in [4.78, 5) is 25.3. The Hall–Kier alpha value is -3.82. The van der Waals surface area contributed by atoms with E-state index in [1.165, 1.54) is 0 Å². The number of carbonyl (C=O) groups excluding carboxylic acids is 2. The van der Waals surface area contributed by atoms with Gasteiger partial charge in [-0.3, -0.25) is 4.79 Å². The SMILES string of the molecule is O=CNc1cc(-c2ccc(NC(=O)Nc3cc(C(F)(F)F)ccc3F)cc2)c[nH]1. The lowest BCUT2D eigenvalue weighted by atomic mass is 10.1. The lowest BCUT2D eigenvalue weighted by molar-refractivity contribution is -0.137. The summed E-state index contributed by atoms with van der Waals surface area (Å²) < 4.78 is 51.9. The summed E-state index contributed by atoms with van der Waals surface area (Å²) in [7, 11) is 0. The van der Waals surface area contributed by atoms with E-state index in [9.17, 15) is 27.2 Å². The van der Waals surface area contributed by atoms with Gasteiger partial charge in [0.2, 0.25) is 6.41 Å². The molecule has 29 heavy (non-hydrogen) atoms. The summed E-state index contributed by atoms with van der Waals surface area (Å²) in [5.41, 5.74) is 0.261. The molecule has 3 aromatic rings. The number of aromatic amines is 1. The summed E-state index contributed by atoms with van der Waals surface area (Å²) in [5.74, 6) is -0.476. The van der Waals surface area contributed by atoms with Crippen LogP contribution in [0, 0.1) is 5.82 Å². The topological polar surface area (TPSA) is 86.0 Å². The predicted molar refractivity (Wildman–Crippen MR) is 100.0 cm³/mol. The zero-order valence-electron chi connectivity index (χ0n) is 14.6. The van der Waals surface area contributed by atoms with Gasteiger partial charge in [0.15, 0.2) is 0 Å². The molecule has 0 aliphatic rings. The number of aromatic nitrogens is 1. The molecular formula is C19H14F4N4O2. The lowest BCUT2D eigenvalue weighted by Crippen LogP contribution is -2.20. The van der Waals surface area contributed by atoms with E-state index in [2.05, 4.69) is 20.9 Å². The number of halogens is 4. The molecule has 4 N–H and O–H groups in total. The first-order valence-corrected chi connectivity index (χ1v) is 8.20.